The number of hydrogen-bond acceptors (Lipinski definition) is 2. The van der Waals surface area contributed by atoms with Crippen molar-refractivity contribution in [3.8, 4) is 0 Å². The van der Waals surface area contributed by atoms with Gasteiger partial charge in [0.2, 0.25) is 0 Å². The number of nitrogens with zero attached hydrogens (tertiary/aromatic N) is 1. The highest BCUT2D eigenvalue weighted by atomic mass is 16.4. The van der Waals surface area contributed by atoms with Gasteiger partial charge in [-0.1, -0.05) is 12.1 Å². The van der Waals surface area contributed by atoms with Gasteiger partial charge in [0.05, 0.1) is 0 Å². The van der Waals surface area contributed by atoms with Crippen LogP contribution in [0.15, 0.2) is 18.2 Å². The number of likely N-dealkylation sites (tertiary alicyclic amines) is 1. The fraction of sp³-hybridized carbons (Fsp3) is 0.429. The van der Waals surface area contributed by atoms with Crippen molar-refractivity contribution in [2.24, 2.45) is 0 Å². The number of amides is 2. The summed E-state index contributed by atoms with van der Waals surface area (Å²) in [4.78, 5) is 24.6. The lowest BCUT2D eigenvalue weighted by Crippen LogP contribution is -2.42. The maximum atomic E-state index is 12.1. The van der Waals surface area contributed by atoms with Gasteiger partial charge in [-0.15, -0.1) is 0 Å². The molecule has 0 aromatic heterocycles. The maximum Gasteiger partial charge on any atom is 0.326 e. The van der Waals surface area contributed by atoms with Crippen LogP contribution in [0.4, 0.5) is 10.5 Å². The van der Waals surface area contributed by atoms with Gasteiger partial charge >= 0.3 is 12.0 Å². The quantitative estimate of drug-likeness (QED) is 0.859. The summed E-state index contributed by atoms with van der Waals surface area (Å²) >= 11 is 0. The van der Waals surface area contributed by atoms with Crippen molar-refractivity contribution in [2.45, 2.75) is 32.7 Å². The molecule has 1 unspecified atom stereocenters. The van der Waals surface area contributed by atoms with Crippen LogP contribution < -0.4 is 5.32 Å². The van der Waals surface area contributed by atoms with E-state index in [4.69, 9.17) is 5.11 Å². The van der Waals surface area contributed by atoms with Crippen LogP contribution in [-0.2, 0) is 4.79 Å². The van der Waals surface area contributed by atoms with Gasteiger partial charge in [0.1, 0.15) is 6.04 Å². The molecule has 1 aliphatic rings. The molecule has 2 amide bonds. The van der Waals surface area contributed by atoms with E-state index in [0.29, 0.717) is 13.0 Å². The van der Waals surface area contributed by atoms with Gasteiger partial charge in [-0.2, -0.15) is 0 Å². The molecule has 2 N–H and O–H groups in total. The Morgan fingerprint density at radius 1 is 1.37 bits per heavy atom. The smallest absolute Gasteiger partial charge is 0.326 e. The Kier molecular flexibility index (Phi) is 3.74. The van der Waals surface area contributed by atoms with Crippen molar-refractivity contribution in [3.63, 3.8) is 0 Å². The Morgan fingerprint density at radius 3 is 2.79 bits per heavy atom. The molecule has 5 heteroatoms. The summed E-state index contributed by atoms with van der Waals surface area (Å²) in [6.07, 6.45) is 1.26. The second kappa shape index (κ2) is 5.30. The van der Waals surface area contributed by atoms with Crippen LogP contribution in [0, 0.1) is 13.8 Å². The molecule has 1 fully saturated rings. The number of anilines is 1. The predicted molar refractivity (Wildman–Crippen MR) is 72.3 cm³/mol. The zero-order valence-electron chi connectivity index (χ0n) is 11.1. The van der Waals surface area contributed by atoms with E-state index < -0.39 is 12.0 Å². The number of rotatable bonds is 2. The molecule has 2 rings (SSSR count). The van der Waals surface area contributed by atoms with Crippen LogP contribution in [0.1, 0.15) is 24.0 Å². The molecule has 19 heavy (non-hydrogen) atoms. The molecule has 0 saturated carbocycles. The average molecular weight is 262 g/mol. The molecule has 102 valence electrons. The van der Waals surface area contributed by atoms with E-state index in [1.54, 1.807) is 0 Å². The summed E-state index contributed by atoms with van der Waals surface area (Å²) in [7, 11) is 0. The van der Waals surface area contributed by atoms with Gasteiger partial charge in [-0.05, 0) is 43.9 Å². The van der Waals surface area contributed by atoms with Crippen molar-refractivity contribution < 1.29 is 14.7 Å². The minimum absolute atomic E-state index is 0.335. The average Bonchev–Trinajstić information content (AvgIpc) is 2.83. The molecule has 0 spiro atoms. The van der Waals surface area contributed by atoms with E-state index in [0.717, 1.165) is 23.2 Å². The molecule has 1 heterocycles. The number of benzene rings is 1. The maximum absolute atomic E-state index is 12.1. The molecule has 5 nitrogen and oxygen atoms in total. The van der Waals surface area contributed by atoms with Gasteiger partial charge in [0, 0.05) is 12.2 Å². The standard InChI is InChI=1S/C14H18N2O3/c1-9-5-6-10(2)11(8-9)15-14(19)16-7-3-4-12(16)13(17)18/h5-6,8,12H,3-4,7H2,1-2H3,(H,15,19)(H,17,18). The van der Waals surface area contributed by atoms with Crippen LogP contribution in [0.25, 0.3) is 0 Å². The van der Waals surface area contributed by atoms with Crippen molar-refractivity contribution in [1.82, 2.24) is 4.90 Å². The number of hydrogen-bond donors (Lipinski definition) is 2. The molecule has 1 atom stereocenters. The first-order chi connectivity index (χ1) is 8.99. The van der Waals surface area contributed by atoms with Gasteiger partial charge < -0.3 is 15.3 Å². The molecule has 1 aliphatic heterocycles. The van der Waals surface area contributed by atoms with Crippen molar-refractivity contribution in [3.05, 3.63) is 29.3 Å². The van der Waals surface area contributed by atoms with E-state index >= 15 is 0 Å². The third-order valence-electron chi connectivity index (χ3n) is 3.43. The fourth-order valence-electron chi connectivity index (χ4n) is 2.32. The van der Waals surface area contributed by atoms with E-state index in [1.807, 2.05) is 32.0 Å². The summed E-state index contributed by atoms with van der Waals surface area (Å²) in [6, 6.07) is 4.76. The lowest BCUT2D eigenvalue weighted by atomic mass is 10.1. The topological polar surface area (TPSA) is 69.6 Å². The molecule has 1 saturated heterocycles. The van der Waals surface area contributed by atoms with E-state index in [9.17, 15) is 9.59 Å². The van der Waals surface area contributed by atoms with Crippen LogP contribution in [-0.4, -0.2) is 34.6 Å². The van der Waals surface area contributed by atoms with Crippen molar-refractivity contribution >= 4 is 17.7 Å². The number of aryl methyl sites for hydroxylation is 2. The summed E-state index contributed by atoms with van der Waals surface area (Å²) in [6.45, 7) is 4.35. The molecule has 0 aliphatic carbocycles. The number of nitrogens with one attached hydrogen (secondary N) is 1. The number of carboxylic acid groups (broad SMARTS) is 1. The highest BCUT2D eigenvalue weighted by Gasteiger charge is 2.34. The summed E-state index contributed by atoms with van der Waals surface area (Å²) < 4.78 is 0. The Labute approximate surface area is 112 Å². The zero-order chi connectivity index (χ0) is 14.0. The Hall–Kier alpha value is -2.04. The van der Waals surface area contributed by atoms with Crippen LogP contribution in [0.5, 0.6) is 0 Å². The van der Waals surface area contributed by atoms with E-state index in [-0.39, 0.29) is 6.03 Å². The monoisotopic (exact) mass is 262 g/mol. The van der Waals surface area contributed by atoms with Crippen LogP contribution in [0.2, 0.25) is 0 Å². The number of carbonyl (C=O) groups excluding carboxylic acids is 1. The Morgan fingerprint density at radius 2 is 2.11 bits per heavy atom. The second-order valence-electron chi connectivity index (χ2n) is 4.94. The Balaban J connectivity index is 2.12. The molecule has 0 radical (unpaired) electrons. The third-order valence-corrected chi connectivity index (χ3v) is 3.43. The van der Waals surface area contributed by atoms with Crippen molar-refractivity contribution in [2.75, 3.05) is 11.9 Å². The third kappa shape index (κ3) is 2.86. The molecule has 0 bridgehead atoms. The van der Waals surface area contributed by atoms with Crippen LogP contribution in [0.3, 0.4) is 0 Å². The van der Waals surface area contributed by atoms with Gasteiger partial charge in [0.15, 0.2) is 0 Å². The fourth-order valence-corrected chi connectivity index (χ4v) is 2.32. The number of carboxylic acids is 1. The first-order valence-corrected chi connectivity index (χ1v) is 6.36. The highest BCUT2D eigenvalue weighted by Crippen LogP contribution is 2.21. The SMILES string of the molecule is Cc1ccc(C)c(NC(=O)N2CCCC2C(=O)O)c1. The molecule has 1 aromatic rings. The summed E-state index contributed by atoms with van der Waals surface area (Å²) in [5, 5.41) is 11.9. The normalized spacial score (nSPS) is 18.4. The van der Waals surface area contributed by atoms with Crippen molar-refractivity contribution in [1.29, 1.82) is 0 Å². The first kappa shape index (κ1) is 13.4. The largest absolute Gasteiger partial charge is 0.480 e. The first-order valence-electron chi connectivity index (χ1n) is 6.36. The van der Waals surface area contributed by atoms with E-state index in [2.05, 4.69) is 5.32 Å². The predicted octanol–water partition coefficient (Wildman–Crippen LogP) is 2.38. The minimum Gasteiger partial charge on any atom is -0.480 e. The lowest BCUT2D eigenvalue weighted by molar-refractivity contribution is -0.141. The number of carbonyl (C=O) groups is 2. The second-order valence-corrected chi connectivity index (χ2v) is 4.94. The van der Waals surface area contributed by atoms with Gasteiger partial charge in [-0.25, -0.2) is 9.59 Å². The van der Waals surface area contributed by atoms with E-state index in [1.165, 1.54) is 4.90 Å². The lowest BCUT2D eigenvalue weighted by Gasteiger charge is -2.22. The van der Waals surface area contributed by atoms with Crippen LogP contribution >= 0.6 is 0 Å². The zero-order valence-corrected chi connectivity index (χ0v) is 11.1. The molecule has 1 aromatic carbocycles. The molecular weight excluding hydrogens is 244 g/mol. The highest BCUT2D eigenvalue weighted by molar-refractivity contribution is 5.93. The number of urea groups is 1. The minimum atomic E-state index is -0.936. The summed E-state index contributed by atoms with van der Waals surface area (Å²) in [5.74, 6) is -0.936. The van der Waals surface area contributed by atoms with Gasteiger partial charge in [-0.3, -0.25) is 0 Å². The number of aliphatic carboxylic acids is 1. The summed E-state index contributed by atoms with van der Waals surface area (Å²) in [5.41, 5.74) is 2.75. The Bertz CT molecular complexity index is 513. The molecular formula is C14H18N2O3. The van der Waals surface area contributed by atoms with Gasteiger partial charge in [0.25, 0.3) is 0 Å².